The largest absolute Gasteiger partial charge is 0.382 e. The van der Waals surface area contributed by atoms with Crippen LogP contribution in [0.4, 0.5) is 0 Å². The van der Waals surface area contributed by atoms with Crippen LogP contribution in [0.15, 0.2) is 22.0 Å². The summed E-state index contributed by atoms with van der Waals surface area (Å²) in [6, 6.07) is 3.31. The lowest BCUT2D eigenvalue weighted by atomic mass is 9.84. The summed E-state index contributed by atoms with van der Waals surface area (Å²) < 4.78 is 5.37. The van der Waals surface area contributed by atoms with E-state index in [2.05, 4.69) is 15.5 Å². The number of hydroxylamine groups is 1. The Morgan fingerprint density at radius 3 is 2.50 bits per heavy atom. The molecule has 0 unspecified atom stereocenters. The van der Waals surface area contributed by atoms with Crippen LogP contribution in [0.25, 0.3) is 0 Å². The number of rotatable bonds is 9. The third kappa shape index (κ3) is 6.35. The van der Waals surface area contributed by atoms with Gasteiger partial charge in [0.15, 0.2) is 5.82 Å². The lowest BCUT2D eigenvalue weighted by Crippen LogP contribution is -2.48. The Morgan fingerprint density at radius 2 is 1.97 bits per heavy atom. The third-order valence-corrected chi connectivity index (χ3v) is 5.50. The Kier molecular flexibility index (Phi) is 8.10. The molecule has 10 heteroatoms. The smallest absolute Gasteiger partial charge is 0.272 e. The summed E-state index contributed by atoms with van der Waals surface area (Å²) in [5.74, 6) is -1.79. The van der Waals surface area contributed by atoms with Crippen LogP contribution in [0.1, 0.15) is 63.7 Å². The molecule has 0 aliphatic rings. The zero-order chi connectivity index (χ0) is 22.5. The van der Waals surface area contributed by atoms with E-state index in [0.29, 0.717) is 18.1 Å². The lowest BCUT2D eigenvalue weighted by molar-refractivity contribution is -0.147. The molecular weight excluding hydrogens is 408 g/mol. The van der Waals surface area contributed by atoms with Crippen molar-refractivity contribution in [1.29, 1.82) is 0 Å². The summed E-state index contributed by atoms with van der Waals surface area (Å²) in [7, 11) is 0. The van der Waals surface area contributed by atoms with Crippen molar-refractivity contribution < 1.29 is 24.4 Å². The van der Waals surface area contributed by atoms with Gasteiger partial charge in [-0.25, -0.2) is 5.48 Å². The SMILES string of the molecule is CC(C)C[C@@H](C(=O)N[C@H](c1noc(Cc2cccs2)n1)C(C)(C)C)[C@H](O)C(=O)NO. The van der Waals surface area contributed by atoms with E-state index in [-0.39, 0.29) is 12.3 Å². The maximum absolute atomic E-state index is 13.0. The van der Waals surface area contributed by atoms with E-state index in [0.717, 1.165) is 4.88 Å². The molecular formula is C20H30N4O5S. The normalized spacial score (nSPS) is 14.9. The quantitative estimate of drug-likeness (QED) is 0.348. The van der Waals surface area contributed by atoms with Crippen LogP contribution in [-0.2, 0) is 16.0 Å². The van der Waals surface area contributed by atoms with Crippen LogP contribution in [0.2, 0.25) is 0 Å². The number of aliphatic hydroxyl groups is 1. The molecule has 0 spiro atoms. The van der Waals surface area contributed by atoms with E-state index in [1.54, 1.807) is 11.3 Å². The van der Waals surface area contributed by atoms with Crippen molar-refractivity contribution in [2.45, 2.75) is 59.6 Å². The minimum Gasteiger partial charge on any atom is -0.382 e. The molecule has 0 fully saturated rings. The highest BCUT2D eigenvalue weighted by atomic mass is 32.1. The van der Waals surface area contributed by atoms with Gasteiger partial charge in [-0.2, -0.15) is 4.98 Å². The van der Waals surface area contributed by atoms with E-state index < -0.39 is 35.3 Å². The summed E-state index contributed by atoms with van der Waals surface area (Å²) in [5, 5.41) is 28.0. The number of thiophene rings is 1. The highest BCUT2D eigenvalue weighted by Crippen LogP contribution is 2.32. The van der Waals surface area contributed by atoms with Gasteiger partial charge in [0.05, 0.1) is 18.4 Å². The number of amides is 2. The second kappa shape index (κ2) is 10.1. The van der Waals surface area contributed by atoms with Crippen LogP contribution >= 0.6 is 11.3 Å². The Bertz CT molecular complexity index is 829. The Hall–Kier alpha value is -2.30. The molecule has 0 saturated carbocycles. The highest BCUT2D eigenvalue weighted by molar-refractivity contribution is 7.09. The number of hydrogen-bond acceptors (Lipinski definition) is 8. The van der Waals surface area contributed by atoms with Crippen LogP contribution in [0.3, 0.4) is 0 Å². The number of carbonyl (C=O) groups excluding carboxylic acids is 2. The lowest BCUT2D eigenvalue weighted by Gasteiger charge is -2.31. The van der Waals surface area contributed by atoms with Gasteiger partial charge in [-0.3, -0.25) is 14.8 Å². The predicted octanol–water partition coefficient (Wildman–Crippen LogP) is 2.45. The fourth-order valence-corrected chi connectivity index (χ4v) is 3.77. The summed E-state index contributed by atoms with van der Waals surface area (Å²) in [5.41, 5.74) is 0.939. The minimum atomic E-state index is -1.68. The molecule has 4 N–H and O–H groups in total. The summed E-state index contributed by atoms with van der Waals surface area (Å²) in [4.78, 5) is 30.3. The number of carbonyl (C=O) groups is 2. The van der Waals surface area contributed by atoms with Crippen molar-refractivity contribution >= 4 is 23.2 Å². The number of aromatic nitrogens is 2. The van der Waals surface area contributed by atoms with Gasteiger partial charge < -0.3 is 14.9 Å². The number of aliphatic hydroxyl groups excluding tert-OH is 1. The van der Waals surface area contributed by atoms with Crippen molar-refractivity contribution in [1.82, 2.24) is 20.9 Å². The highest BCUT2D eigenvalue weighted by Gasteiger charge is 2.38. The molecule has 30 heavy (non-hydrogen) atoms. The Morgan fingerprint density at radius 1 is 1.27 bits per heavy atom. The van der Waals surface area contributed by atoms with Crippen molar-refractivity contribution in [3.05, 3.63) is 34.1 Å². The van der Waals surface area contributed by atoms with Gasteiger partial charge in [-0.1, -0.05) is 45.8 Å². The van der Waals surface area contributed by atoms with Gasteiger partial charge in [-0.15, -0.1) is 11.3 Å². The van der Waals surface area contributed by atoms with E-state index in [9.17, 15) is 14.7 Å². The van der Waals surface area contributed by atoms with Crippen molar-refractivity contribution in [2.75, 3.05) is 0 Å². The molecule has 166 valence electrons. The molecule has 0 aromatic carbocycles. The molecule has 0 aliphatic carbocycles. The van der Waals surface area contributed by atoms with Gasteiger partial charge in [0, 0.05) is 4.88 Å². The molecule has 0 aliphatic heterocycles. The van der Waals surface area contributed by atoms with Gasteiger partial charge in [0.1, 0.15) is 6.10 Å². The number of hydrogen-bond donors (Lipinski definition) is 4. The molecule has 9 nitrogen and oxygen atoms in total. The first-order valence-electron chi connectivity index (χ1n) is 9.80. The predicted molar refractivity (Wildman–Crippen MR) is 111 cm³/mol. The molecule has 0 saturated heterocycles. The van der Waals surface area contributed by atoms with E-state index in [1.807, 2.05) is 52.1 Å². The van der Waals surface area contributed by atoms with Gasteiger partial charge in [-0.05, 0) is 29.2 Å². The number of nitrogens with zero attached hydrogens (tertiary/aromatic N) is 2. The maximum Gasteiger partial charge on any atom is 0.272 e. The molecule has 2 aromatic heterocycles. The van der Waals surface area contributed by atoms with E-state index in [4.69, 9.17) is 9.73 Å². The fourth-order valence-electron chi connectivity index (χ4n) is 3.07. The Balaban J connectivity index is 2.23. The van der Waals surface area contributed by atoms with Crippen LogP contribution in [-0.4, -0.2) is 38.4 Å². The molecule has 2 amide bonds. The molecule has 3 atom stereocenters. The topological polar surface area (TPSA) is 138 Å². The molecule has 0 bridgehead atoms. The van der Waals surface area contributed by atoms with Crippen molar-refractivity contribution in [3.8, 4) is 0 Å². The van der Waals surface area contributed by atoms with Crippen LogP contribution in [0, 0.1) is 17.3 Å². The maximum atomic E-state index is 13.0. The first-order valence-corrected chi connectivity index (χ1v) is 10.7. The van der Waals surface area contributed by atoms with Gasteiger partial charge in [0.2, 0.25) is 11.8 Å². The first-order chi connectivity index (χ1) is 14.0. The monoisotopic (exact) mass is 438 g/mol. The second-order valence-corrected chi connectivity index (χ2v) is 9.80. The zero-order valence-corrected chi connectivity index (χ0v) is 18.7. The standard InChI is InChI=1S/C20H30N4O5S/c1-11(2)9-13(15(25)19(27)23-28)18(26)22-16(20(3,4)5)17-21-14(29-24-17)10-12-7-6-8-30-12/h6-8,11,13,15-16,25,28H,9-10H2,1-5H3,(H,22,26)(H,23,27)/t13-,15+,16-/m1/s1. The zero-order valence-electron chi connectivity index (χ0n) is 17.9. The van der Waals surface area contributed by atoms with Gasteiger partial charge in [0.25, 0.3) is 5.91 Å². The fraction of sp³-hybridized carbons (Fsp3) is 0.600. The van der Waals surface area contributed by atoms with Crippen LogP contribution in [0.5, 0.6) is 0 Å². The summed E-state index contributed by atoms with van der Waals surface area (Å²) in [6.45, 7) is 9.51. The van der Waals surface area contributed by atoms with Crippen LogP contribution < -0.4 is 10.8 Å². The molecule has 2 rings (SSSR count). The molecule has 2 heterocycles. The first kappa shape index (κ1) is 24.0. The number of nitrogens with one attached hydrogen (secondary N) is 2. The summed E-state index contributed by atoms with van der Waals surface area (Å²) in [6.07, 6.45) is -0.925. The van der Waals surface area contributed by atoms with Gasteiger partial charge >= 0.3 is 0 Å². The minimum absolute atomic E-state index is 0.0394. The Labute approximate surface area is 179 Å². The average Bonchev–Trinajstić information content (AvgIpc) is 3.34. The average molecular weight is 439 g/mol. The van der Waals surface area contributed by atoms with Crippen molar-refractivity contribution in [3.63, 3.8) is 0 Å². The molecule has 2 aromatic rings. The van der Waals surface area contributed by atoms with E-state index in [1.165, 1.54) is 5.48 Å². The third-order valence-electron chi connectivity index (χ3n) is 4.62. The summed E-state index contributed by atoms with van der Waals surface area (Å²) >= 11 is 1.59. The molecule has 0 radical (unpaired) electrons. The van der Waals surface area contributed by atoms with E-state index >= 15 is 0 Å². The van der Waals surface area contributed by atoms with Crippen molar-refractivity contribution in [2.24, 2.45) is 17.3 Å². The second-order valence-electron chi connectivity index (χ2n) is 8.77.